The van der Waals surface area contributed by atoms with E-state index < -0.39 is 0 Å². The minimum absolute atomic E-state index is 0.329. The smallest absolute Gasteiger partial charge is 0.0116 e. The first-order chi connectivity index (χ1) is 4.72. The fourth-order valence-electron chi connectivity index (χ4n) is 1.57. The molecule has 0 spiro atoms. The third-order valence-electron chi connectivity index (χ3n) is 2.17. The first kappa shape index (κ1) is 9.25. The van der Waals surface area contributed by atoms with Crippen LogP contribution in [0.1, 0.15) is 39.5 Å². The fourth-order valence-corrected chi connectivity index (χ4v) is 4.95. The Hall–Kier alpha value is 1.16. The van der Waals surface area contributed by atoms with Gasteiger partial charge in [-0.1, -0.05) is 48.7 Å². The Balaban J connectivity index is 2.32. The van der Waals surface area contributed by atoms with Crippen LogP contribution in [0.5, 0.6) is 0 Å². The molecule has 0 nitrogen and oxygen atoms in total. The lowest BCUT2D eigenvalue weighted by Gasteiger charge is -2.20. The first-order valence-electron chi connectivity index (χ1n) is 4.16. The average molecular weight is 270 g/mol. The van der Waals surface area contributed by atoms with E-state index in [9.17, 15) is 0 Å². The van der Waals surface area contributed by atoms with Crippen molar-refractivity contribution in [2.24, 2.45) is 0 Å². The van der Waals surface area contributed by atoms with E-state index in [2.05, 4.69) is 35.9 Å². The summed E-state index contributed by atoms with van der Waals surface area (Å²) in [5, 5.41) is 0. The van der Waals surface area contributed by atoms with Gasteiger partial charge >= 0.3 is 0 Å². The van der Waals surface area contributed by atoms with E-state index in [4.69, 9.17) is 0 Å². The molecule has 1 atom stereocenters. The van der Waals surface area contributed by atoms with E-state index in [0.29, 0.717) is 5.56 Å². The minimum Gasteiger partial charge on any atom is -0.0581 e. The van der Waals surface area contributed by atoms with Crippen LogP contribution < -0.4 is 0 Å². The number of rotatable bonds is 2. The summed E-state index contributed by atoms with van der Waals surface area (Å²) in [7, 11) is 0. The molecule has 1 unspecified atom stereocenters. The van der Waals surface area contributed by atoms with E-state index >= 15 is 0 Å². The van der Waals surface area contributed by atoms with Gasteiger partial charge in [0, 0.05) is 0 Å². The molecule has 0 N–H and O–H groups in total. The molecule has 0 radical (unpaired) electrons. The van der Waals surface area contributed by atoms with Crippen LogP contribution in [0, 0.1) is 0 Å². The van der Waals surface area contributed by atoms with Gasteiger partial charge in [-0.15, -0.1) is 0 Å². The molecule has 2 heteroatoms. The third-order valence-corrected chi connectivity index (χ3v) is 10.1. The molecule has 0 aromatic heterocycles. The predicted octanol–water partition coefficient (Wildman–Crippen LogP) is 4.17. The molecule has 1 saturated carbocycles. The van der Waals surface area contributed by atoms with Crippen molar-refractivity contribution in [2.45, 2.75) is 50.8 Å². The van der Waals surface area contributed by atoms with Crippen LogP contribution in [0.25, 0.3) is 0 Å². The predicted molar refractivity (Wildman–Crippen MR) is 58.3 cm³/mol. The number of halogens is 1. The monoisotopic (exact) mass is 270 g/mol. The lowest BCUT2D eigenvalue weighted by Crippen LogP contribution is -2.01. The lowest BCUT2D eigenvalue weighted by molar-refractivity contribution is 0.885. The van der Waals surface area contributed by atoms with Crippen molar-refractivity contribution >= 4 is 27.6 Å². The Labute approximate surface area is 78.4 Å². The summed E-state index contributed by atoms with van der Waals surface area (Å²) in [5.41, 5.74) is 2.38. The van der Waals surface area contributed by atoms with E-state index in [-0.39, 0.29) is 0 Å². The molecule has 1 aliphatic carbocycles. The highest BCUT2D eigenvalue weighted by atomic mass is 127. The molecule has 0 aromatic rings. The Morgan fingerprint density at radius 3 is 2.20 bits per heavy atom. The van der Waals surface area contributed by atoms with E-state index in [1.807, 2.05) is 0 Å². The van der Waals surface area contributed by atoms with Crippen molar-refractivity contribution in [3.05, 3.63) is 0 Å². The molecule has 0 amide bonds. The Morgan fingerprint density at radius 2 is 1.80 bits per heavy atom. The van der Waals surface area contributed by atoms with Gasteiger partial charge in [-0.05, 0) is 29.7 Å². The van der Waals surface area contributed by atoms with Crippen molar-refractivity contribution in [1.82, 2.24) is 0 Å². The second-order valence-electron chi connectivity index (χ2n) is 3.38. The van der Waals surface area contributed by atoms with Gasteiger partial charge in [0.1, 0.15) is 0 Å². The van der Waals surface area contributed by atoms with Gasteiger partial charge in [0.05, 0.1) is 0 Å². The molecule has 1 fully saturated rings. The molecule has 0 saturated heterocycles. The maximum absolute atomic E-state index is 2.70. The van der Waals surface area contributed by atoms with Gasteiger partial charge in [-0.25, -0.2) is 0 Å². The summed E-state index contributed by atoms with van der Waals surface area (Å²) in [6.45, 7) is 4.74. The van der Waals surface area contributed by atoms with Gasteiger partial charge in [0.15, 0.2) is 0 Å². The minimum atomic E-state index is 0.329. The summed E-state index contributed by atoms with van der Waals surface area (Å²) >= 11 is 2.70. The molecule has 1 rings (SSSR count). The van der Waals surface area contributed by atoms with E-state index in [0.717, 1.165) is 11.3 Å². The summed E-state index contributed by atoms with van der Waals surface area (Å²) < 4.78 is 0. The van der Waals surface area contributed by atoms with Crippen molar-refractivity contribution in [1.29, 1.82) is 0 Å². The van der Waals surface area contributed by atoms with Crippen molar-refractivity contribution in [2.75, 3.05) is 0 Å². The number of hydrogen-bond acceptors (Lipinski definition) is 0. The zero-order chi connectivity index (χ0) is 7.56. The summed E-state index contributed by atoms with van der Waals surface area (Å²) in [6, 6.07) is 0. The molecule has 60 valence electrons. The molecule has 0 aromatic carbocycles. The topological polar surface area (TPSA) is 0 Å². The van der Waals surface area contributed by atoms with Crippen LogP contribution in [0.2, 0.25) is 0 Å². The van der Waals surface area contributed by atoms with Crippen LogP contribution in [0.15, 0.2) is 0 Å². The Bertz CT molecular complexity index is 97.4. The standard InChI is InChI=1S/C8H16IP/c1-7(2)10(9)8-5-3-4-6-8/h7-8H,3-6H2,1-2H3. The summed E-state index contributed by atoms with van der Waals surface area (Å²) in [4.78, 5) is 0. The van der Waals surface area contributed by atoms with Gasteiger partial charge in [0.2, 0.25) is 0 Å². The molecule has 0 aliphatic heterocycles. The van der Waals surface area contributed by atoms with Gasteiger partial charge in [0.25, 0.3) is 0 Å². The average Bonchev–Trinajstić information content (AvgIpc) is 2.36. The maximum Gasteiger partial charge on any atom is -0.0116 e. The summed E-state index contributed by atoms with van der Waals surface area (Å²) in [6.07, 6.45) is 6.04. The van der Waals surface area contributed by atoms with Crippen molar-refractivity contribution in [3.63, 3.8) is 0 Å². The SMILES string of the molecule is CC(C)P(I)C1CCCC1. The molecule has 1 aliphatic rings. The van der Waals surface area contributed by atoms with Crippen LogP contribution in [0.3, 0.4) is 0 Å². The largest absolute Gasteiger partial charge is 0.0581 e. The van der Waals surface area contributed by atoms with Crippen LogP contribution in [0.4, 0.5) is 0 Å². The molecule has 0 bridgehead atoms. The Morgan fingerprint density at radius 1 is 1.30 bits per heavy atom. The highest BCUT2D eigenvalue weighted by Gasteiger charge is 2.24. The maximum atomic E-state index is 2.70. The zero-order valence-corrected chi connectivity index (χ0v) is 9.86. The quantitative estimate of drug-likeness (QED) is 0.522. The second-order valence-corrected chi connectivity index (χ2v) is 9.17. The van der Waals surface area contributed by atoms with Crippen LogP contribution in [-0.4, -0.2) is 11.3 Å². The zero-order valence-electron chi connectivity index (χ0n) is 6.81. The highest BCUT2D eigenvalue weighted by Crippen LogP contribution is 2.58. The fraction of sp³-hybridized carbons (Fsp3) is 1.00. The highest BCUT2D eigenvalue weighted by molar-refractivity contribution is 14.2. The molecular formula is C8H16IP. The number of hydrogen-bond donors (Lipinski definition) is 0. The third kappa shape index (κ3) is 2.34. The van der Waals surface area contributed by atoms with Gasteiger partial charge in [-0.3, -0.25) is 0 Å². The molecular weight excluding hydrogens is 254 g/mol. The van der Waals surface area contributed by atoms with E-state index in [1.54, 1.807) is 0 Å². The van der Waals surface area contributed by atoms with Crippen LogP contribution >= 0.6 is 27.6 Å². The summed E-state index contributed by atoms with van der Waals surface area (Å²) in [5.74, 6) is 0. The van der Waals surface area contributed by atoms with Crippen molar-refractivity contribution in [3.8, 4) is 0 Å². The van der Waals surface area contributed by atoms with Gasteiger partial charge < -0.3 is 0 Å². The van der Waals surface area contributed by atoms with Gasteiger partial charge in [-0.2, -0.15) is 0 Å². The lowest BCUT2D eigenvalue weighted by atomic mass is 10.4. The van der Waals surface area contributed by atoms with Crippen LogP contribution in [-0.2, 0) is 0 Å². The van der Waals surface area contributed by atoms with E-state index in [1.165, 1.54) is 25.7 Å². The molecule has 0 heterocycles. The normalized spacial score (nSPS) is 24.0. The van der Waals surface area contributed by atoms with Crippen molar-refractivity contribution < 1.29 is 0 Å². The second kappa shape index (κ2) is 4.25. The Kier molecular flexibility index (Phi) is 3.93. The first-order valence-corrected chi connectivity index (χ1v) is 8.42. The molecule has 10 heavy (non-hydrogen) atoms.